The minimum Gasteiger partial charge on any atom is -0.465 e. The Kier molecular flexibility index (Phi) is 6.12. The van der Waals surface area contributed by atoms with Crippen LogP contribution in [0.15, 0.2) is 18.3 Å². The van der Waals surface area contributed by atoms with Crippen LogP contribution in [0.25, 0.3) is 0 Å². The molecule has 0 spiro atoms. The van der Waals surface area contributed by atoms with Gasteiger partial charge in [0.05, 0.1) is 7.11 Å². The number of esters is 1. The largest absolute Gasteiger partial charge is 0.465 e. The van der Waals surface area contributed by atoms with Gasteiger partial charge in [-0.1, -0.05) is 0 Å². The van der Waals surface area contributed by atoms with Crippen molar-refractivity contribution in [3.63, 3.8) is 0 Å². The Morgan fingerprint density at radius 1 is 0.960 bits per heavy atom. The van der Waals surface area contributed by atoms with Crippen molar-refractivity contribution in [3.8, 4) is 0 Å². The number of hydrogen-bond donors (Lipinski definition) is 0. The van der Waals surface area contributed by atoms with Gasteiger partial charge in [-0.15, -0.1) is 0 Å². The predicted octanol–water partition coefficient (Wildman–Crippen LogP) is 3.54. The van der Waals surface area contributed by atoms with Crippen molar-refractivity contribution in [2.75, 3.05) is 12.0 Å². The van der Waals surface area contributed by atoms with Gasteiger partial charge in [0.1, 0.15) is 16.8 Å². The van der Waals surface area contributed by atoms with Crippen LogP contribution >= 0.6 is 0 Å². The van der Waals surface area contributed by atoms with E-state index in [0.717, 1.165) is 0 Å². The SMILES string of the molecule is COC(=O)c1cccnc1N(C(=O)OC(C)(C)C)C(=O)OC(C)(C)C. The van der Waals surface area contributed by atoms with Crippen molar-refractivity contribution in [1.29, 1.82) is 0 Å². The van der Waals surface area contributed by atoms with Crippen LogP contribution in [0.5, 0.6) is 0 Å². The second-order valence-corrected chi connectivity index (χ2v) is 7.16. The molecule has 1 rings (SSSR count). The van der Waals surface area contributed by atoms with Gasteiger partial charge in [-0.3, -0.25) is 0 Å². The van der Waals surface area contributed by atoms with Crippen molar-refractivity contribution < 1.29 is 28.6 Å². The fourth-order valence-corrected chi connectivity index (χ4v) is 1.71. The van der Waals surface area contributed by atoms with E-state index in [4.69, 9.17) is 9.47 Å². The average molecular weight is 352 g/mol. The first-order valence-electron chi connectivity index (χ1n) is 7.65. The number of pyridine rings is 1. The number of anilines is 1. The summed E-state index contributed by atoms with van der Waals surface area (Å²) in [6.07, 6.45) is -0.681. The van der Waals surface area contributed by atoms with Crippen LogP contribution in [-0.2, 0) is 14.2 Å². The Morgan fingerprint density at radius 3 is 1.84 bits per heavy atom. The first kappa shape index (κ1) is 20.4. The molecule has 138 valence electrons. The molecule has 0 N–H and O–H groups in total. The molecule has 0 atom stereocenters. The number of methoxy groups -OCH3 is 1. The lowest BCUT2D eigenvalue weighted by Crippen LogP contribution is -2.44. The number of rotatable bonds is 2. The Morgan fingerprint density at radius 2 is 1.44 bits per heavy atom. The van der Waals surface area contributed by atoms with E-state index in [1.165, 1.54) is 25.4 Å². The molecule has 0 bridgehead atoms. The standard InChI is InChI=1S/C17H24N2O6/c1-16(2,3)24-14(21)19(15(22)25-17(4,5)6)12-11(13(20)23-7)9-8-10-18-12/h8-10H,1-7H3. The van der Waals surface area contributed by atoms with E-state index in [1.54, 1.807) is 41.5 Å². The Balaban J connectivity index is 3.40. The normalized spacial score (nSPS) is 11.5. The molecule has 0 aliphatic carbocycles. The van der Waals surface area contributed by atoms with E-state index in [1.807, 2.05) is 0 Å². The van der Waals surface area contributed by atoms with Gasteiger partial charge >= 0.3 is 18.2 Å². The van der Waals surface area contributed by atoms with Crippen molar-refractivity contribution >= 4 is 24.0 Å². The summed E-state index contributed by atoms with van der Waals surface area (Å²) >= 11 is 0. The van der Waals surface area contributed by atoms with E-state index in [9.17, 15) is 14.4 Å². The van der Waals surface area contributed by atoms with Crippen molar-refractivity contribution in [2.45, 2.75) is 52.7 Å². The maximum atomic E-state index is 12.6. The summed E-state index contributed by atoms with van der Waals surface area (Å²) in [4.78, 5) is 41.6. The van der Waals surface area contributed by atoms with E-state index < -0.39 is 29.4 Å². The monoisotopic (exact) mass is 352 g/mol. The third kappa shape index (κ3) is 6.06. The highest BCUT2D eigenvalue weighted by Gasteiger charge is 2.36. The van der Waals surface area contributed by atoms with Crippen molar-refractivity contribution in [3.05, 3.63) is 23.9 Å². The zero-order chi connectivity index (χ0) is 19.4. The molecule has 25 heavy (non-hydrogen) atoms. The van der Waals surface area contributed by atoms with Crippen LogP contribution < -0.4 is 4.90 Å². The van der Waals surface area contributed by atoms with Crippen molar-refractivity contribution in [2.24, 2.45) is 0 Å². The van der Waals surface area contributed by atoms with E-state index in [2.05, 4.69) is 9.72 Å². The number of imide groups is 1. The molecule has 0 aliphatic heterocycles. The maximum absolute atomic E-state index is 12.6. The first-order valence-corrected chi connectivity index (χ1v) is 7.65. The van der Waals surface area contributed by atoms with Crippen LogP contribution in [0.1, 0.15) is 51.9 Å². The lowest BCUT2D eigenvalue weighted by atomic mass is 10.2. The molecule has 0 aliphatic rings. The zero-order valence-electron chi connectivity index (χ0n) is 15.6. The molecular formula is C17H24N2O6. The number of carbonyl (C=O) groups excluding carboxylic acids is 3. The summed E-state index contributed by atoms with van der Waals surface area (Å²) in [5.41, 5.74) is -1.79. The molecular weight excluding hydrogens is 328 g/mol. The van der Waals surface area contributed by atoms with Gasteiger partial charge < -0.3 is 14.2 Å². The van der Waals surface area contributed by atoms with Crippen molar-refractivity contribution in [1.82, 2.24) is 4.98 Å². The third-order valence-electron chi connectivity index (χ3n) is 2.56. The van der Waals surface area contributed by atoms with Gasteiger partial charge in [-0.2, -0.15) is 4.90 Å². The van der Waals surface area contributed by atoms with E-state index in [-0.39, 0.29) is 11.4 Å². The summed E-state index contributed by atoms with van der Waals surface area (Å²) < 4.78 is 15.2. The molecule has 0 aromatic carbocycles. The van der Waals surface area contributed by atoms with Gasteiger partial charge in [0.2, 0.25) is 0 Å². The number of ether oxygens (including phenoxy) is 3. The molecule has 8 nitrogen and oxygen atoms in total. The van der Waals surface area contributed by atoms with E-state index >= 15 is 0 Å². The molecule has 8 heteroatoms. The molecule has 0 saturated heterocycles. The predicted molar refractivity (Wildman–Crippen MR) is 90.5 cm³/mol. The lowest BCUT2D eigenvalue weighted by molar-refractivity contribution is 0.0429. The second kappa shape index (κ2) is 7.50. The quantitative estimate of drug-likeness (QED) is 0.593. The van der Waals surface area contributed by atoms with Crippen LogP contribution in [0.3, 0.4) is 0 Å². The van der Waals surface area contributed by atoms with Crippen LogP contribution in [-0.4, -0.2) is 41.5 Å². The van der Waals surface area contributed by atoms with Crippen LogP contribution in [0.2, 0.25) is 0 Å². The molecule has 2 amide bonds. The molecule has 0 saturated carbocycles. The molecule has 0 fully saturated rings. The number of hydrogen-bond acceptors (Lipinski definition) is 7. The lowest BCUT2D eigenvalue weighted by Gasteiger charge is -2.28. The highest BCUT2D eigenvalue weighted by Crippen LogP contribution is 2.23. The summed E-state index contributed by atoms with van der Waals surface area (Å²) in [5, 5.41) is 0. The second-order valence-electron chi connectivity index (χ2n) is 7.16. The molecule has 1 aromatic rings. The van der Waals surface area contributed by atoms with Crippen LogP contribution in [0, 0.1) is 0 Å². The smallest absolute Gasteiger partial charge is 0.425 e. The molecule has 0 unspecified atom stereocenters. The zero-order valence-corrected chi connectivity index (χ0v) is 15.6. The fraction of sp³-hybridized carbons (Fsp3) is 0.529. The van der Waals surface area contributed by atoms with Gasteiger partial charge in [0.25, 0.3) is 0 Å². The fourth-order valence-electron chi connectivity index (χ4n) is 1.71. The van der Waals surface area contributed by atoms with E-state index in [0.29, 0.717) is 4.90 Å². The minimum absolute atomic E-state index is 0.0679. The summed E-state index contributed by atoms with van der Waals surface area (Å²) in [7, 11) is 1.18. The Labute approximate surface area is 147 Å². The first-order chi connectivity index (χ1) is 11.4. The molecule has 1 heterocycles. The topological polar surface area (TPSA) is 95.0 Å². The third-order valence-corrected chi connectivity index (χ3v) is 2.56. The Hall–Kier alpha value is -2.64. The number of carbonyl (C=O) groups is 3. The van der Waals surface area contributed by atoms with Gasteiger partial charge in [0, 0.05) is 6.20 Å². The summed E-state index contributed by atoms with van der Waals surface area (Å²) in [5.74, 6) is -0.974. The highest BCUT2D eigenvalue weighted by molar-refractivity contribution is 6.12. The van der Waals surface area contributed by atoms with Gasteiger partial charge in [0.15, 0.2) is 5.82 Å². The Bertz CT molecular complexity index is 630. The van der Waals surface area contributed by atoms with Gasteiger partial charge in [-0.25, -0.2) is 19.4 Å². The van der Waals surface area contributed by atoms with Crippen LogP contribution in [0.4, 0.5) is 15.4 Å². The number of aromatic nitrogens is 1. The molecule has 1 aromatic heterocycles. The number of amides is 2. The minimum atomic E-state index is -1.01. The highest BCUT2D eigenvalue weighted by atomic mass is 16.6. The summed E-state index contributed by atoms with van der Waals surface area (Å²) in [6.45, 7) is 9.90. The number of nitrogens with zero attached hydrogens (tertiary/aromatic N) is 2. The average Bonchev–Trinajstić information content (AvgIpc) is 2.43. The molecule has 0 radical (unpaired) electrons. The summed E-state index contributed by atoms with van der Waals surface area (Å²) in [6, 6.07) is 2.87. The van der Waals surface area contributed by atoms with Gasteiger partial charge in [-0.05, 0) is 53.7 Å². The maximum Gasteiger partial charge on any atom is 0.425 e.